The minimum absolute atomic E-state index is 0.172. The summed E-state index contributed by atoms with van der Waals surface area (Å²) >= 11 is 5.01. The molecular weight excluding hydrogens is 402 g/mol. The van der Waals surface area contributed by atoms with E-state index in [9.17, 15) is 0 Å². The second-order valence-electron chi connectivity index (χ2n) is 7.98. The number of hydrogen-bond acceptors (Lipinski definition) is 6. The lowest BCUT2D eigenvalue weighted by atomic mass is 9.95. The Morgan fingerprint density at radius 1 is 1.13 bits per heavy atom. The van der Waals surface area contributed by atoms with Crippen molar-refractivity contribution in [1.82, 2.24) is 5.32 Å². The lowest BCUT2D eigenvalue weighted by Crippen LogP contribution is -2.30. The van der Waals surface area contributed by atoms with Gasteiger partial charge in [0.25, 0.3) is 0 Å². The summed E-state index contributed by atoms with van der Waals surface area (Å²) in [7, 11) is 0. The van der Waals surface area contributed by atoms with Crippen molar-refractivity contribution in [2.75, 3.05) is 5.73 Å². The Morgan fingerprint density at radius 3 is 2.61 bits per heavy atom. The first-order chi connectivity index (χ1) is 15.0. The number of nitrogens with one attached hydrogen (secondary N) is 2. The first kappa shape index (κ1) is 22.7. The minimum Gasteiger partial charge on any atom is -0.404 e. The second kappa shape index (κ2) is 10.9. The van der Waals surface area contributed by atoms with Gasteiger partial charge < -0.3 is 22.5 Å². The van der Waals surface area contributed by atoms with E-state index in [-0.39, 0.29) is 5.71 Å². The number of nitrogens with two attached hydrogens (primary N) is 3. The molecule has 0 aliphatic heterocycles. The highest BCUT2D eigenvalue weighted by Gasteiger charge is 2.13. The fraction of sp³-hybridized carbons (Fsp3) is 0.280. The van der Waals surface area contributed by atoms with Gasteiger partial charge in [0.05, 0.1) is 11.4 Å². The van der Waals surface area contributed by atoms with Gasteiger partial charge in [-0.05, 0) is 47.7 Å². The Morgan fingerprint density at radius 2 is 1.90 bits per heavy atom. The van der Waals surface area contributed by atoms with Crippen LogP contribution in [-0.2, 0) is 6.54 Å². The molecule has 1 aliphatic rings. The maximum Gasteiger partial charge on any atom is 0.0862 e. The molecule has 6 heteroatoms. The smallest absolute Gasteiger partial charge is 0.0862 e. The number of anilines is 1. The average Bonchev–Trinajstić information content (AvgIpc) is 2.80. The minimum atomic E-state index is 0.172. The summed E-state index contributed by atoms with van der Waals surface area (Å²) in [5.74, 6) is 0. The van der Waals surface area contributed by atoms with E-state index in [1.165, 1.54) is 49.2 Å². The van der Waals surface area contributed by atoms with Gasteiger partial charge in [0, 0.05) is 41.0 Å². The van der Waals surface area contributed by atoms with E-state index in [4.69, 9.17) is 34.8 Å². The molecule has 3 rings (SSSR count). The average molecular weight is 434 g/mol. The molecule has 1 aliphatic carbocycles. The van der Waals surface area contributed by atoms with E-state index in [2.05, 4.69) is 17.4 Å². The van der Waals surface area contributed by atoms with Gasteiger partial charge in [-0.1, -0.05) is 61.8 Å². The molecule has 5 nitrogen and oxygen atoms in total. The molecule has 0 unspecified atom stereocenters. The zero-order valence-corrected chi connectivity index (χ0v) is 18.6. The van der Waals surface area contributed by atoms with Crippen LogP contribution in [0.1, 0.15) is 54.4 Å². The third-order valence-electron chi connectivity index (χ3n) is 5.72. The van der Waals surface area contributed by atoms with E-state index in [0.717, 1.165) is 17.7 Å². The third-order valence-corrected chi connectivity index (χ3v) is 5.98. The van der Waals surface area contributed by atoms with Crippen LogP contribution in [0, 0.1) is 5.41 Å². The molecule has 2 aromatic carbocycles. The van der Waals surface area contributed by atoms with Crippen molar-refractivity contribution in [2.45, 2.75) is 44.7 Å². The van der Waals surface area contributed by atoms with Gasteiger partial charge in [0.15, 0.2) is 0 Å². The van der Waals surface area contributed by atoms with Crippen LogP contribution in [0.5, 0.6) is 0 Å². The van der Waals surface area contributed by atoms with Gasteiger partial charge in [-0.15, -0.1) is 0 Å². The van der Waals surface area contributed by atoms with Crippen LogP contribution in [-0.4, -0.2) is 17.1 Å². The van der Waals surface area contributed by atoms with Crippen molar-refractivity contribution in [3.8, 4) is 0 Å². The molecule has 0 heterocycles. The Kier molecular flexibility index (Phi) is 7.98. The third kappa shape index (κ3) is 6.03. The Balaban J connectivity index is 1.75. The van der Waals surface area contributed by atoms with E-state index in [1.807, 2.05) is 24.3 Å². The van der Waals surface area contributed by atoms with Crippen molar-refractivity contribution >= 4 is 40.6 Å². The molecule has 0 radical (unpaired) electrons. The molecular formula is C25H31N5S. The van der Waals surface area contributed by atoms with Gasteiger partial charge in [0.2, 0.25) is 0 Å². The van der Waals surface area contributed by atoms with Crippen molar-refractivity contribution in [3.63, 3.8) is 0 Å². The van der Waals surface area contributed by atoms with Crippen molar-refractivity contribution < 1.29 is 0 Å². The molecule has 0 aromatic heterocycles. The monoisotopic (exact) mass is 433 g/mol. The van der Waals surface area contributed by atoms with Crippen LogP contribution in [0.4, 0.5) is 5.69 Å². The Labute approximate surface area is 189 Å². The van der Waals surface area contributed by atoms with Gasteiger partial charge in [-0.2, -0.15) is 0 Å². The van der Waals surface area contributed by atoms with E-state index in [0.29, 0.717) is 28.6 Å². The predicted molar refractivity (Wildman–Crippen MR) is 136 cm³/mol. The lowest BCUT2D eigenvalue weighted by Gasteiger charge is -2.22. The molecule has 0 atom stereocenters. The zero-order chi connectivity index (χ0) is 22.2. The van der Waals surface area contributed by atoms with Gasteiger partial charge in [-0.25, -0.2) is 0 Å². The Hall–Kier alpha value is -2.96. The summed E-state index contributed by atoms with van der Waals surface area (Å²) in [4.78, 5) is 0. The summed E-state index contributed by atoms with van der Waals surface area (Å²) in [6.45, 7) is 0.838. The van der Waals surface area contributed by atoms with Crippen LogP contribution in [0.25, 0.3) is 11.6 Å². The molecule has 0 saturated heterocycles. The Bertz CT molecular complexity index is 1000. The second-order valence-corrected chi connectivity index (χ2v) is 8.21. The van der Waals surface area contributed by atoms with E-state index >= 15 is 0 Å². The molecule has 2 aromatic rings. The normalized spacial score (nSPS) is 15.6. The molecule has 0 spiro atoms. The number of benzene rings is 2. The summed E-state index contributed by atoms with van der Waals surface area (Å²) < 4.78 is 0. The van der Waals surface area contributed by atoms with E-state index in [1.54, 1.807) is 12.1 Å². The summed E-state index contributed by atoms with van der Waals surface area (Å²) in [5.41, 5.74) is 23.3. The highest BCUT2D eigenvalue weighted by molar-refractivity contribution is 7.79. The quantitative estimate of drug-likeness (QED) is 0.184. The van der Waals surface area contributed by atoms with Crippen LogP contribution in [0.3, 0.4) is 0 Å². The SMILES string of the molecule is N=C(/C(N)=C/c1cccc(CNC2CCCCC2)c1)c1cc(/C(C=S)=C/N)ccc1N. The number of thiocarbonyl (C=S) groups is 1. The first-order valence-corrected chi connectivity index (χ1v) is 11.1. The topological polar surface area (TPSA) is 114 Å². The van der Waals surface area contributed by atoms with Gasteiger partial charge >= 0.3 is 0 Å². The number of hydrogen-bond donors (Lipinski definition) is 5. The van der Waals surface area contributed by atoms with Crippen LogP contribution < -0.4 is 22.5 Å². The summed E-state index contributed by atoms with van der Waals surface area (Å²) in [5, 5.41) is 13.7. The molecule has 0 amide bonds. The predicted octanol–water partition coefficient (Wildman–Crippen LogP) is 4.36. The van der Waals surface area contributed by atoms with Crippen molar-refractivity contribution in [3.05, 3.63) is 76.6 Å². The van der Waals surface area contributed by atoms with Crippen molar-refractivity contribution in [2.24, 2.45) is 11.5 Å². The fourth-order valence-electron chi connectivity index (χ4n) is 3.92. The molecule has 1 saturated carbocycles. The molecule has 1 fully saturated rings. The number of allylic oxidation sites excluding steroid dienone is 2. The lowest BCUT2D eigenvalue weighted by molar-refractivity contribution is 0.372. The molecule has 8 N–H and O–H groups in total. The molecule has 31 heavy (non-hydrogen) atoms. The summed E-state index contributed by atoms with van der Waals surface area (Å²) in [6, 6.07) is 14.2. The largest absolute Gasteiger partial charge is 0.404 e. The first-order valence-electron chi connectivity index (χ1n) is 10.7. The van der Waals surface area contributed by atoms with Crippen LogP contribution >= 0.6 is 12.2 Å². The van der Waals surface area contributed by atoms with Crippen LogP contribution in [0.15, 0.2) is 54.4 Å². The zero-order valence-electron chi connectivity index (χ0n) is 17.7. The fourth-order valence-corrected chi connectivity index (χ4v) is 4.14. The molecule has 0 bridgehead atoms. The van der Waals surface area contributed by atoms with Gasteiger partial charge in [-0.3, -0.25) is 5.41 Å². The maximum atomic E-state index is 8.57. The highest BCUT2D eigenvalue weighted by Crippen LogP contribution is 2.22. The van der Waals surface area contributed by atoms with Crippen molar-refractivity contribution in [1.29, 1.82) is 5.41 Å². The van der Waals surface area contributed by atoms with Crippen LogP contribution in [0.2, 0.25) is 0 Å². The highest BCUT2D eigenvalue weighted by atomic mass is 32.1. The number of nitrogen functional groups attached to an aromatic ring is 1. The number of rotatable bonds is 8. The van der Waals surface area contributed by atoms with Gasteiger partial charge in [0.1, 0.15) is 0 Å². The van der Waals surface area contributed by atoms with E-state index < -0.39 is 0 Å². The maximum absolute atomic E-state index is 8.57. The standard InChI is InChI=1S/C25H31N5S/c26-14-20(16-31)19-9-10-23(27)22(13-19)25(29)24(28)12-17-5-4-6-18(11-17)15-30-21-7-2-1-3-8-21/h4-6,9-14,16,21,29-30H,1-3,7-8,15,26-28H2/b20-14+,24-12-,29-25?. The summed E-state index contributed by atoms with van der Waals surface area (Å²) in [6.07, 6.45) is 9.76. The molecule has 162 valence electrons.